The SMILES string of the molecule is CCC(Sc1cccc(NC(=O)c2ccc(F)cc2)c1)C(=O)Nc1c(F)c(F)c(C(F)(F)F)c(F)c1F. The summed E-state index contributed by atoms with van der Waals surface area (Å²) in [7, 11) is 0. The number of halogens is 8. The van der Waals surface area contributed by atoms with Crippen molar-refractivity contribution in [2.45, 2.75) is 29.7 Å². The van der Waals surface area contributed by atoms with E-state index in [4.69, 9.17) is 0 Å². The topological polar surface area (TPSA) is 58.2 Å². The molecule has 3 aromatic carbocycles. The molecule has 4 nitrogen and oxygen atoms in total. The van der Waals surface area contributed by atoms with Crippen LogP contribution in [0.4, 0.5) is 46.5 Å². The van der Waals surface area contributed by atoms with Gasteiger partial charge in [0.2, 0.25) is 5.91 Å². The number of thioether (sulfide) groups is 1. The van der Waals surface area contributed by atoms with Crippen molar-refractivity contribution in [1.82, 2.24) is 0 Å². The summed E-state index contributed by atoms with van der Waals surface area (Å²) in [6.07, 6.45) is -5.67. The van der Waals surface area contributed by atoms with E-state index in [2.05, 4.69) is 5.32 Å². The minimum Gasteiger partial charge on any atom is -0.322 e. The van der Waals surface area contributed by atoms with E-state index in [-0.39, 0.29) is 12.0 Å². The van der Waals surface area contributed by atoms with E-state index >= 15 is 0 Å². The van der Waals surface area contributed by atoms with Crippen LogP contribution in [0.1, 0.15) is 29.3 Å². The predicted octanol–water partition coefficient (Wildman–Crippen LogP) is 7.16. The molecule has 13 heteroatoms. The number of nitrogens with one attached hydrogen (secondary N) is 2. The monoisotopic (exact) mass is 548 g/mol. The first-order chi connectivity index (χ1) is 17.3. The molecule has 1 unspecified atom stereocenters. The average molecular weight is 548 g/mol. The molecule has 0 radical (unpaired) electrons. The van der Waals surface area contributed by atoms with Gasteiger partial charge in [-0.2, -0.15) is 13.2 Å². The highest BCUT2D eigenvalue weighted by molar-refractivity contribution is 8.00. The van der Waals surface area contributed by atoms with E-state index in [9.17, 15) is 44.7 Å². The van der Waals surface area contributed by atoms with Gasteiger partial charge in [-0.15, -0.1) is 11.8 Å². The molecule has 0 fully saturated rings. The zero-order valence-electron chi connectivity index (χ0n) is 18.7. The molecule has 0 heterocycles. The lowest BCUT2D eigenvalue weighted by atomic mass is 10.1. The van der Waals surface area contributed by atoms with Crippen molar-refractivity contribution < 1.29 is 44.7 Å². The van der Waals surface area contributed by atoms with Gasteiger partial charge in [0.25, 0.3) is 5.91 Å². The Bertz CT molecular complexity index is 1300. The predicted molar refractivity (Wildman–Crippen MR) is 121 cm³/mol. The van der Waals surface area contributed by atoms with E-state index in [1.165, 1.54) is 43.3 Å². The van der Waals surface area contributed by atoms with Gasteiger partial charge in [0, 0.05) is 16.1 Å². The highest BCUT2D eigenvalue weighted by atomic mass is 32.2. The van der Waals surface area contributed by atoms with Gasteiger partial charge in [0.15, 0.2) is 23.3 Å². The molecule has 0 aliphatic heterocycles. The molecule has 1 atom stereocenters. The molecule has 0 aliphatic rings. The molecule has 37 heavy (non-hydrogen) atoms. The van der Waals surface area contributed by atoms with E-state index in [0.29, 0.717) is 10.6 Å². The number of benzene rings is 3. The van der Waals surface area contributed by atoms with E-state index in [1.807, 2.05) is 0 Å². The molecule has 3 rings (SSSR count). The highest BCUT2D eigenvalue weighted by Crippen LogP contribution is 2.39. The van der Waals surface area contributed by atoms with E-state index in [0.717, 1.165) is 23.9 Å². The van der Waals surface area contributed by atoms with Crippen LogP contribution >= 0.6 is 11.8 Å². The first-order valence-corrected chi connectivity index (χ1v) is 11.3. The molecule has 0 aromatic heterocycles. The quantitative estimate of drug-likeness (QED) is 0.187. The average Bonchev–Trinajstić information content (AvgIpc) is 2.83. The molecule has 0 bridgehead atoms. The summed E-state index contributed by atoms with van der Waals surface area (Å²) in [5.74, 6) is -12.4. The van der Waals surface area contributed by atoms with Crippen LogP contribution in [0.5, 0.6) is 0 Å². The van der Waals surface area contributed by atoms with Crippen molar-refractivity contribution in [3.63, 3.8) is 0 Å². The Morgan fingerprint density at radius 2 is 1.46 bits per heavy atom. The van der Waals surface area contributed by atoms with Crippen molar-refractivity contribution in [3.05, 3.63) is 88.7 Å². The maximum atomic E-state index is 14.2. The van der Waals surface area contributed by atoms with Gasteiger partial charge in [-0.25, -0.2) is 22.0 Å². The van der Waals surface area contributed by atoms with Crippen molar-refractivity contribution in [3.8, 4) is 0 Å². The number of carbonyl (C=O) groups excluding carboxylic acids is 2. The third-order valence-corrected chi connectivity index (χ3v) is 6.29. The Morgan fingerprint density at radius 1 is 0.865 bits per heavy atom. The number of hydrogen-bond acceptors (Lipinski definition) is 3. The second-order valence-corrected chi connectivity index (χ2v) is 8.77. The first-order valence-electron chi connectivity index (χ1n) is 10.4. The fourth-order valence-corrected chi connectivity index (χ4v) is 4.15. The number of carbonyl (C=O) groups is 2. The Morgan fingerprint density at radius 3 is 2.00 bits per heavy atom. The minimum absolute atomic E-state index is 0.0392. The van der Waals surface area contributed by atoms with Crippen molar-refractivity contribution >= 4 is 35.0 Å². The third-order valence-electron chi connectivity index (χ3n) is 4.93. The summed E-state index contributed by atoms with van der Waals surface area (Å²) in [6, 6.07) is 10.8. The molecule has 0 spiro atoms. The molecule has 0 aliphatic carbocycles. The molecular formula is C24H16F8N2O2S. The maximum absolute atomic E-state index is 14.2. The van der Waals surface area contributed by atoms with Gasteiger partial charge in [0.05, 0.1) is 5.25 Å². The van der Waals surface area contributed by atoms with Crippen LogP contribution in [-0.4, -0.2) is 17.1 Å². The van der Waals surface area contributed by atoms with Gasteiger partial charge in [0.1, 0.15) is 17.1 Å². The van der Waals surface area contributed by atoms with Gasteiger partial charge in [-0.05, 0) is 48.9 Å². The molecule has 196 valence electrons. The third kappa shape index (κ3) is 6.40. The van der Waals surface area contributed by atoms with Crippen LogP contribution in [0.15, 0.2) is 53.4 Å². The first kappa shape index (κ1) is 28.0. The van der Waals surface area contributed by atoms with Crippen LogP contribution in [0.25, 0.3) is 0 Å². The van der Waals surface area contributed by atoms with E-state index in [1.54, 1.807) is 5.32 Å². The molecule has 2 N–H and O–H groups in total. The van der Waals surface area contributed by atoms with Crippen LogP contribution in [0.3, 0.4) is 0 Å². The summed E-state index contributed by atoms with van der Waals surface area (Å²) >= 11 is 0.857. The Hall–Kier alpha value is -3.61. The number of alkyl halides is 3. The molecular weight excluding hydrogens is 532 g/mol. The van der Waals surface area contributed by atoms with Gasteiger partial charge < -0.3 is 10.6 Å². The Kier molecular flexibility index (Phi) is 8.46. The largest absolute Gasteiger partial charge is 0.422 e. The normalized spacial score (nSPS) is 12.2. The summed E-state index contributed by atoms with van der Waals surface area (Å²) in [4.78, 5) is 25.3. The van der Waals surface area contributed by atoms with Crippen molar-refractivity contribution in [2.75, 3.05) is 10.6 Å². The zero-order chi connectivity index (χ0) is 27.5. The Labute approximate surface area is 209 Å². The zero-order valence-corrected chi connectivity index (χ0v) is 19.5. The van der Waals surface area contributed by atoms with Gasteiger partial charge in [-0.1, -0.05) is 13.0 Å². The van der Waals surface area contributed by atoms with Gasteiger partial charge in [-0.3, -0.25) is 9.59 Å². The lowest BCUT2D eigenvalue weighted by molar-refractivity contribution is -0.143. The maximum Gasteiger partial charge on any atom is 0.422 e. The van der Waals surface area contributed by atoms with E-state index < -0.39 is 63.6 Å². The second-order valence-electron chi connectivity index (χ2n) is 7.50. The van der Waals surface area contributed by atoms with Crippen LogP contribution in [0, 0.1) is 29.1 Å². The molecule has 3 aromatic rings. The fraction of sp³-hybridized carbons (Fsp3) is 0.167. The fourth-order valence-electron chi connectivity index (χ4n) is 3.13. The standard InChI is InChI=1S/C24H16F8N2O2S/c1-2-15(23(36)34-21-19(28)17(26)16(24(30,31)32)18(27)20(21)29)37-14-5-3-4-13(10-14)33-22(35)11-6-8-12(25)9-7-11/h3-10,15H,2H2,1H3,(H,33,35)(H,34,36). The lowest BCUT2D eigenvalue weighted by Gasteiger charge is -2.18. The van der Waals surface area contributed by atoms with Gasteiger partial charge >= 0.3 is 6.18 Å². The molecule has 2 amide bonds. The molecule has 0 saturated carbocycles. The summed E-state index contributed by atoms with van der Waals surface area (Å²) in [5, 5.41) is 3.10. The second kappa shape index (κ2) is 11.2. The number of amides is 2. The van der Waals surface area contributed by atoms with Crippen LogP contribution in [-0.2, 0) is 11.0 Å². The van der Waals surface area contributed by atoms with Crippen molar-refractivity contribution in [2.24, 2.45) is 0 Å². The smallest absolute Gasteiger partial charge is 0.322 e. The highest BCUT2D eigenvalue weighted by Gasteiger charge is 2.42. The summed E-state index contributed by atoms with van der Waals surface area (Å²) in [5.41, 5.74) is -3.97. The number of anilines is 2. The number of rotatable bonds is 7. The lowest BCUT2D eigenvalue weighted by Crippen LogP contribution is -2.27. The molecule has 0 saturated heterocycles. The minimum atomic E-state index is -5.71. The van der Waals surface area contributed by atoms with Crippen LogP contribution in [0.2, 0.25) is 0 Å². The Balaban J connectivity index is 1.78. The summed E-state index contributed by atoms with van der Waals surface area (Å²) in [6.45, 7) is 1.51. The van der Waals surface area contributed by atoms with Crippen molar-refractivity contribution in [1.29, 1.82) is 0 Å². The van der Waals surface area contributed by atoms with Crippen LogP contribution < -0.4 is 10.6 Å². The number of hydrogen-bond donors (Lipinski definition) is 2. The summed E-state index contributed by atoms with van der Waals surface area (Å²) < 4.78 is 107.